The second kappa shape index (κ2) is 4.24. The smallest absolute Gasteiger partial charge is 0.241 e. The van der Waals surface area contributed by atoms with E-state index < -0.39 is 17.7 Å². The first kappa shape index (κ1) is 11.7. The maximum Gasteiger partial charge on any atom is 0.414 e. The molecule has 0 aliphatic carbocycles. The number of anilines is 1. The first-order chi connectivity index (χ1) is 7.98. The summed E-state index contributed by atoms with van der Waals surface area (Å²) in [6.45, 7) is 1.48. The van der Waals surface area contributed by atoms with Crippen molar-refractivity contribution in [2.75, 3.05) is 5.01 Å². The van der Waals surface area contributed by atoms with E-state index in [0.717, 1.165) is 6.20 Å². The molecular weight excluding hydrogens is 229 g/mol. The van der Waals surface area contributed by atoms with Gasteiger partial charge in [0.1, 0.15) is 0 Å². The molecule has 0 aromatic heterocycles. The molecule has 0 N–H and O–H groups in total. The molecule has 90 valence electrons. The van der Waals surface area contributed by atoms with Crippen LogP contribution in [0, 0.1) is 5.92 Å². The van der Waals surface area contributed by atoms with Gasteiger partial charge in [0.2, 0.25) is 0 Å². The minimum atomic E-state index is -4.32. The van der Waals surface area contributed by atoms with Crippen LogP contribution in [0.5, 0.6) is 0 Å². The van der Waals surface area contributed by atoms with Crippen molar-refractivity contribution < 1.29 is 13.2 Å². The monoisotopic (exact) mass is 240 g/mol. The highest BCUT2D eigenvalue weighted by atomic mass is 19.4. The summed E-state index contributed by atoms with van der Waals surface area (Å²) in [5, 5.41) is 5.22. The van der Waals surface area contributed by atoms with Gasteiger partial charge in [-0.25, -0.2) is 5.01 Å². The summed E-state index contributed by atoms with van der Waals surface area (Å²) in [5.41, 5.74) is 0.0220. The molecule has 0 bridgehead atoms. The van der Waals surface area contributed by atoms with E-state index in [1.165, 1.54) is 18.1 Å². The first-order valence-corrected chi connectivity index (χ1v) is 5.16. The van der Waals surface area contributed by atoms with E-state index in [4.69, 9.17) is 0 Å². The Kier molecular flexibility index (Phi) is 2.92. The number of nitrogens with zero attached hydrogens (tertiary/aromatic N) is 2. The van der Waals surface area contributed by atoms with Gasteiger partial charge in [0, 0.05) is 18.3 Å². The van der Waals surface area contributed by atoms with Gasteiger partial charge in [0.05, 0.1) is 11.3 Å². The molecule has 17 heavy (non-hydrogen) atoms. The lowest BCUT2D eigenvalue weighted by Crippen LogP contribution is -2.27. The number of allylic oxidation sites excluding steroid dienone is 1. The fourth-order valence-electron chi connectivity index (χ4n) is 1.59. The molecule has 0 saturated carbocycles. The highest BCUT2D eigenvalue weighted by molar-refractivity contribution is 5.70. The number of hydrogen-bond acceptors (Lipinski definition) is 2. The molecular formula is C12H11F3N2. The predicted molar refractivity (Wildman–Crippen MR) is 60.7 cm³/mol. The maximum atomic E-state index is 12.7. The summed E-state index contributed by atoms with van der Waals surface area (Å²) in [4.78, 5) is 0. The summed E-state index contributed by atoms with van der Waals surface area (Å²) in [6.07, 6.45) is -1.98. The van der Waals surface area contributed by atoms with E-state index in [-0.39, 0.29) is 0 Å². The summed E-state index contributed by atoms with van der Waals surface area (Å²) in [5.74, 6) is -0.713. The fraction of sp³-hybridized carbons (Fsp3) is 0.250. The van der Waals surface area contributed by atoms with Crippen LogP contribution in [0.3, 0.4) is 0 Å². The molecule has 1 unspecified atom stereocenters. The van der Waals surface area contributed by atoms with Crippen molar-refractivity contribution >= 4 is 11.9 Å². The van der Waals surface area contributed by atoms with Crippen LogP contribution in [-0.2, 0) is 0 Å². The van der Waals surface area contributed by atoms with E-state index in [1.54, 1.807) is 30.3 Å². The third kappa shape index (κ3) is 2.49. The number of halogens is 3. The molecule has 5 heteroatoms. The van der Waals surface area contributed by atoms with Crippen molar-refractivity contribution in [3.63, 3.8) is 0 Å². The van der Waals surface area contributed by atoms with Crippen LogP contribution >= 0.6 is 0 Å². The van der Waals surface area contributed by atoms with Gasteiger partial charge in [-0.2, -0.15) is 18.3 Å². The quantitative estimate of drug-likeness (QED) is 0.732. The molecule has 1 aromatic rings. The lowest BCUT2D eigenvalue weighted by molar-refractivity contribution is -0.0962. The van der Waals surface area contributed by atoms with Gasteiger partial charge in [-0.05, 0) is 12.1 Å². The highest BCUT2D eigenvalue weighted by Gasteiger charge is 2.38. The van der Waals surface area contributed by atoms with Gasteiger partial charge in [0.15, 0.2) is 0 Å². The third-order valence-electron chi connectivity index (χ3n) is 2.51. The zero-order valence-corrected chi connectivity index (χ0v) is 9.15. The second-order valence-corrected chi connectivity index (χ2v) is 3.82. The molecule has 1 aromatic carbocycles. The number of alkyl halides is 3. The molecule has 1 aliphatic heterocycles. The molecule has 0 saturated heterocycles. The highest BCUT2D eigenvalue weighted by Crippen LogP contribution is 2.34. The van der Waals surface area contributed by atoms with Crippen molar-refractivity contribution in [2.24, 2.45) is 11.0 Å². The Bertz CT molecular complexity index is 449. The number of benzene rings is 1. The zero-order valence-electron chi connectivity index (χ0n) is 9.15. The summed E-state index contributed by atoms with van der Waals surface area (Å²) in [7, 11) is 0. The molecule has 1 aliphatic rings. The Morgan fingerprint density at radius 2 is 1.82 bits per heavy atom. The average molecular weight is 240 g/mol. The van der Waals surface area contributed by atoms with Gasteiger partial charge in [0.25, 0.3) is 0 Å². The van der Waals surface area contributed by atoms with Crippen LogP contribution in [0.2, 0.25) is 0 Å². The Morgan fingerprint density at radius 3 is 2.41 bits per heavy atom. The van der Waals surface area contributed by atoms with Gasteiger partial charge in [-0.3, -0.25) is 0 Å². The Hall–Kier alpha value is -1.78. The molecule has 2 rings (SSSR count). The van der Waals surface area contributed by atoms with E-state index in [2.05, 4.69) is 5.10 Å². The summed E-state index contributed by atoms with van der Waals surface area (Å²) < 4.78 is 38.2. The molecule has 2 nitrogen and oxygen atoms in total. The number of hydrogen-bond donors (Lipinski definition) is 0. The lowest BCUT2D eigenvalue weighted by Gasteiger charge is -2.25. The van der Waals surface area contributed by atoms with Crippen LogP contribution < -0.4 is 5.01 Å². The van der Waals surface area contributed by atoms with Gasteiger partial charge >= 0.3 is 6.18 Å². The molecule has 1 atom stereocenters. The zero-order chi connectivity index (χ0) is 12.5. The fourth-order valence-corrected chi connectivity index (χ4v) is 1.59. The topological polar surface area (TPSA) is 15.6 Å². The Labute approximate surface area is 97.0 Å². The molecule has 0 radical (unpaired) electrons. The normalized spacial score (nSPS) is 20.4. The van der Waals surface area contributed by atoms with E-state index in [0.29, 0.717) is 5.69 Å². The van der Waals surface area contributed by atoms with Crippen molar-refractivity contribution in [3.8, 4) is 0 Å². The van der Waals surface area contributed by atoms with Crippen molar-refractivity contribution in [3.05, 3.63) is 42.1 Å². The maximum absolute atomic E-state index is 12.7. The number of hydrazone groups is 1. The van der Waals surface area contributed by atoms with Crippen LogP contribution in [0.4, 0.5) is 18.9 Å². The number of rotatable bonds is 1. The van der Waals surface area contributed by atoms with Crippen molar-refractivity contribution in [2.45, 2.75) is 13.1 Å². The Balaban J connectivity index is 2.33. The van der Waals surface area contributed by atoms with Crippen molar-refractivity contribution in [1.29, 1.82) is 0 Å². The van der Waals surface area contributed by atoms with E-state index in [1.807, 2.05) is 0 Å². The summed E-state index contributed by atoms with van der Waals surface area (Å²) in [6, 6.07) is 8.72. The third-order valence-corrected chi connectivity index (χ3v) is 2.51. The summed E-state index contributed by atoms with van der Waals surface area (Å²) >= 11 is 0. The standard InChI is InChI=1S/C12H11F3N2/c1-9-7-16-17(8-11(9)12(13,14)15)10-5-3-2-4-6-10/h2-9H,1H3. The van der Waals surface area contributed by atoms with Gasteiger partial charge in [-0.15, -0.1) is 0 Å². The minimum absolute atomic E-state index is 0.587. The minimum Gasteiger partial charge on any atom is -0.241 e. The van der Waals surface area contributed by atoms with E-state index in [9.17, 15) is 13.2 Å². The average Bonchev–Trinajstić information content (AvgIpc) is 2.29. The van der Waals surface area contributed by atoms with Crippen molar-refractivity contribution in [1.82, 2.24) is 0 Å². The SMILES string of the molecule is CC1C=NN(c2ccccc2)C=C1C(F)(F)F. The molecule has 0 fully saturated rings. The number of para-hydroxylation sites is 1. The van der Waals surface area contributed by atoms with Crippen LogP contribution in [-0.4, -0.2) is 12.4 Å². The molecule has 0 amide bonds. The first-order valence-electron chi connectivity index (χ1n) is 5.16. The van der Waals surface area contributed by atoms with Crippen LogP contribution in [0.1, 0.15) is 6.92 Å². The molecule has 1 heterocycles. The molecule has 0 spiro atoms. The lowest BCUT2D eigenvalue weighted by atomic mass is 10.0. The van der Waals surface area contributed by atoms with Gasteiger partial charge < -0.3 is 0 Å². The van der Waals surface area contributed by atoms with E-state index >= 15 is 0 Å². The largest absolute Gasteiger partial charge is 0.414 e. The van der Waals surface area contributed by atoms with Gasteiger partial charge in [-0.1, -0.05) is 25.1 Å². The van der Waals surface area contributed by atoms with Crippen LogP contribution in [0.25, 0.3) is 0 Å². The predicted octanol–water partition coefficient (Wildman–Crippen LogP) is 3.57. The second-order valence-electron chi connectivity index (χ2n) is 3.82. The Morgan fingerprint density at radius 1 is 1.18 bits per heavy atom. The van der Waals surface area contributed by atoms with Crippen LogP contribution in [0.15, 0.2) is 47.2 Å².